The van der Waals surface area contributed by atoms with Crippen LogP contribution in [0, 0.1) is 5.92 Å². The van der Waals surface area contributed by atoms with E-state index in [1.807, 2.05) is 13.8 Å². The molecule has 1 saturated heterocycles. The number of carbonyl (C=O) groups is 2. The predicted octanol–water partition coefficient (Wildman–Crippen LogP) is 0.994. The van der Waals surface area contributed by atoms with Gasteiger partial charge in [-0.2, -0.15) is 0 Å². The van der Waals surface area contributed by atoms with E-state index in [4.69, 9.17) is 5.11 Å². The fourth-order valence-corrected chi connectivity index (χ4v) is 2.69. The van der Waals surface area contributed by atoms with E-state index in [-0.39, 0.29) is 37.1 Å². The standard InChI is InChI=1S/C13H24N2O4/c1-4-14(10(3)7-12(17)18)13(19)15-6-5-9(2)11(15)8-16/h9-11,16H,4-8H2,1-3H3,(H,17,18). The lowest BCUT2D eigenvalue weighted by Gasteiger charge is -2.34. The number of amides is 2. The molecule has 0 aromatic heterocycles. The van der Waals surface area contributed by atoms with Crippen LogP contribution in [-0.2, 0) is 4.79 Å². The maximum Gasteiger partial charge on any atom is 0.320 e. The van der Waals surface area contributed by atoms with Crippen LogP contribution >= 0.6 is 0 Å². The van der Waals surface area contributed by atoms with Crippen molar-refractivity contribution >= 4 is 12.0 Å². The van der Waals surface area contributed by atoms with Crippen LogP contribution in [0.4, 0.5) is 4.79 Å². The lowest BCUT2D eigenvalue weighted by atomic mass is 10.0. The number of aliphatic hydroxyl groups is 1. The number of urea groups is 1. The van der Waals surface area contributed by atoms with Gasteiger partial charge in [-0.1, -0.05) is 6.92 Å². The Morgan fingerprint density at radius 1 is 1.47 bits per heavy atom. The molecule has 0 aromatic rings. The molecule has 1 rings (SSSR count). The van der Waals surface area contributed by atoms with E-state index in [1.54, 1.807) is 16.7 Å². The van der Waals surface area contributed by atoms with Crippen molar-refractivity contribution in [1.29, 1.82) is 0 Å². The Balaban J connectivity index is 2.75. The number of carboxylic acids is 1. The maximum atomic E-state index is 12.5. The summed E-state index contributed by atoms with van der Waals surface area (Å²) in [6.45, 7) is 6.65. The van der Waals surface area contributed by atoms with Crippen molar-refractivity contribution in [2.75, 3.05) is 19.7 Å². The number of hydrogen-bond acceptors (Lipinski definition) is 3. The SMILES string of the molecule is CCN(C(=O)N1CCC(C)C1CO)C(C)CC(=O)O. The molecule has 0 spiro atoms. The van der Waals surface area contributed by atoms with Gasteiger partial charge in [0.25, 0.3) is 0 Å². The van der Waals surface area contributed by atoms with Gasteiger partial charge in [-0.25, -0.2) is 4.79 Å². The average molecular weight is 272 g/mol. The van der Waals surface area contributed by atoms with Crippen molar-refractivity contribution in [3.05, 3.63) is 0 Å². The summed E-state index contributed by atoms with van der Waals surface area (Å²) in [4.78, 5) is 26.5. The molecule has 110 valence electrons. The van der Waals surface area contributed by atoms with Crippen LogP contribution < -0.4 is 0 Å². The zero-order valence-corrected chi connectivity index (χ0v) is 11.9. The molecule has 1 aliphatic heterocycles. The number of carbonyl (C=O) groups excluding carboxylic acids is 1. The van der Waals surface area contributed by atoms with E-state index in [1.165, 1.54) is 0 Å². The van der Waals surface area contributed by atoms with Crippen LogP contribution in [0.3, 0.4) is 0 Å². The second kappa shape index (κ2) is 6.75. The molecule has 2 amide bonds. The minimum absolute atomic E-state index is 0.0439. The summed E-state index contributed by atoms with van der Waals surface area (Å²) in [5.74, 6) is -0.630. The van der Waals surface area contributed by atoms with Crippen LogP contribution in [-0.4, -0.2) is 63.8 Å². The Kier molecular flexibility index (Phi) is 5.60. The highest BCUT2D eigenvalue weighted by atomic mass is 16.4. The van der Waals surface area contributed by atoms with E-state index in [0.717, 1.165) is 6.42 Å². The van der Waals surface area contributed by atoms with Gasteiger partial charge < -0.3 is 20.0 Å². The third-order valence-corrected chi connectivity index (χ3v) is 3.90. The molecule has 6 heteroatoms. The molecule has 1 aliphatic rings. The van der Waals surface area contributed by atoms with Crippen molar-refractivity contribution in [2.24, 2.45) is 5.92 Å². The Labute approximate surface area is 114 Å². The number of aliphatic hydroxyl groups excluding tert-OH is 1. The molecular formula is C13H24N2O4. The third-order valence-electron chi connectivity index (χ3n) is 3.90. The third kappa shape index (κ3) is 3.59. The molecule has 1 fully saturated rings. The van der Waals surface area contributed by atoms with E-state index in [2.05, 4.69) is 0 Å². The zero-order valence-electron chi connectivity index (χ0n) is 11.9. The van der Waals surface area contributed by atoms with E-state index in [9.17, 15) is 14.7 Å². The highest BCUT2D eigenvalue weighted by Crippen LogP contribution is 2.25. The summed E-state index contributed by atoms with van der Waals surface area (Å²) in [7, 11) is 0. The zero-order chi connectivity index (χ0) is 14.6. The highest BCUT2D eigenvalue weighted by molar-refractivity contribution is 5.76. The van der Waals surface area contributed by atoms with Crippen molar-refractivity contribution in [3.8, 4) is 0 Å². The molecule has 3 unspecified atom stereocenters. The monoisotopic (exact) mass is 272 g/mol. The number of nitrogens with zero attached hydrogens (tertiary/aromatic N) is 2. The first kappa shape index (κ1) is 15.8. The molecule has 0 aliphatic carbocycles. The fourth-order valence-electron chi connectivity index (χ4n) is 2.69. The van der Waals surface area contributed by atoms with Crippen molar-refractivity contribution in [2.45, 2.75) is 45.7 Å². The van der Waals surface area contributed by atoms with E-state index >= 15 is 0 Å². The molecular weight excluding hydrogens is 248 g/mol. The minimum atomic E-state index is -0.910. The van der Waals surface area contributed by atoms with Crippen molar-refractivity contribution in [3.63, 3.8) is 0 Å². The van der Waals surface area contributed by atoms with Gasteiger partial charge in [-0.15, -0.1) is 0 Å². The summed E-state index contributed by atoms with van der Waals surface area (Å²) >= 11 is 0. The van der Waals surface area contributed by atoms with Crippen molar-refractivity contribution in [1.82, 2.24) is 9.80 Å². The van der Waals surface area contributed by atoms with Crippen LogP contribution in [0.15, 0.2) is 0 Å². The molecule has 0 aromatic carbocycles. The molecule has 6 nitrogen and oxygen atoms in total. The Morgan fingerprint density at radius 2 is 2.11 bits per heavy atom. The molecule has 3 atom stereocenters. The van der Waals surface area contributed by atoms with Crippen LogP contribution in [0.2, 0.25) is 0 Å². The first-order chi connectivity index (χ1) is 8.92. The van der Waals surface area contributed by atoms with Gasteiger partial charge in [-0.05, 0) is 26.2 Å². The number of hydrogen-bond donors (Lipinski definition) is 2. The first-order valence-corrected chi connectivity index (χ1v) is 6.82. The van der Waals surface area contributed by atoms with Crippen LogP contribution in [0.1, 0.15) is 33.6 Å². The van der Waals surface area contributed by atoms with Gasteiger partial charge in [0.05, 0.1) is 19.1 Å². The first-order valence-electron chi connectivity index (χ1n) is 6.82. The van der Waals surface area contributed by atoms with Crippen molar-refractivity contribution < 1.29 is 19.8 Å². The number of rotatable bonds is 5. The summed E-state index contributed by atoms with van der Waals surface area (Å²) in [6, 6.07) is -0.663. The molecule has 0 radical (unpaired) electrons. The molecule has 0 bridgehead atoms. The Bertz CT molecular complexity index is 335. The summed E-state index contributed by atoms with van der Waals surface area (Å²) in [6.07, 6.45) is 0.814. The largest absolute Gasteiger partial charge is 0.481 e. The Morgan fingerprint density at radius 3 is 2.58 bits per heavy atom. The average Bonchev–Trinajstić information content (AvgIpc) is 2.70. The number of carboxylic acid groups (broad SMARTS) is 1. The smallest absolute Gasteiger partial charge is 0.320 e. The normalized spacial score (nSPS) is 24.3. The second-order valence-electron chi connectivity index (χ2n) is 5.22. The molecule has 0 saturated carbocycles. The highest BCUT2D eigenvalue weighted by Gasteiger charge is 2.36. The Hall–Kier alpha value is -1.30. The van der Waals surface area contributed by atoms with Crippen LogP contribution in [0.5, 0.6) is 0 Å². The van der Waals surface area contributed by atoms with Gasteiger partial charge in [-0.3, -0.25) is 4.79 Å². The van der Waals surface area contributed by atoms with E-state index < -0.39 is 5.97 Å². The van der Waals surface area contributed by atoms with Crippen LogP contribution in [0.25, 0.3) is 0 Å². The lowest BCUT2D eigenvalue weighted by molar-refractivity contribution is -0.138. The summed E-state index contributed by atoms with van der Waals surface area (Å²) < 4.78 is 0. The van der Waals surface area contributed by atoms with Gasteiger partial charge in [0.15, 0.2) is 0 Å². The topological polar surface area (TPSA) is 81.1 Å². The maximum absolute atomic E-state index is 12.5. The molecule has 19 heavy (non-hydrogen) atoms. The van der Waals surface area contributed by atoms with Gasteiger partial charge in [0.1, 0.15) is 0 Å². The quantitative estimate of drug-likeness (QED) is 0.782. The number of likely N-dealkylation sites (tertiary alicyclic amines) is 1. The summed E-state index contributed by atoms with van der Waals surface area (Å²) in [5, 5.41) is 18.2. The minimum Gasteiger partial charge on any atom is -0.481 e. The van der Waals surface area contributed by atoms with Gasteiger partial charge in [0, 0.05) is 19.1 Å². The van der Waals surface area contributed by atoms with Gasteiger partial charge >= 0.3 is 12.0 Å². The summed E-state index contributed by atoms with van der Waals surface area (Å²) in [5.41, 5.74) is 0. The predicted molar refractivity (Wildman–Crippen MR) is 70.9 cm³/mol. The van der Waals surface area contributed by atoms with E-state index in [0.29, 0.717) is 13.1 Å². The molecule has 1 heterocycles. The number of aliphatic carboxylic acids is 1. The second-order valence-corrected chi connectivity index (χ2v) is 5.22. The van der Waals surface area contributed by atoms with Gasteiger partial charge in [0.2, 0.25) is 0 Å². The molecule has 2 N–H and O–H groups in total. The fraction of sp³-hybridized carbons (Fsp3) is 0.846. The lowest BCUT2D eigenvalue weighted by Crippen LogP contribution is -2.50.